The molecule has 0 aromatic carbocycles. The fourth-order valence-electron chi connectivity index (χ4n) is 8.57. The molecule has 188 valence electrons. The molecule has 1 N–H and O–H groups in total. The van der Waals surface area contributed by atoms with Gasteiger partial charge in [0.25, 0.3) is 0 Å². The van der Waals surface area contributed by atoms with Crippen LogP contribution in [0.2, 0.25) is 0 Å². The second-order valence-electron chi connectivity index (χ2n) is 12.6. The molecule has 0 saturated heterocycles. The lowest BCUT2D eigenvalue weighted by Gasteiger charge is -2.60. The van der Waals surface area contributed by atoms with Crippen LogP contribution in [0.15, 0.2) is 11.1 Å². The molecule has 6 heteroatoms. The fraction of sp³-hybridized carbons (Fsp3) is 0.786. The number of carbonyl (C=O) groups excluding carboxylic acids is 4. The maximum absolute atomic E-state index is 14.0. The third-order valence-corrected chi connectivity index (χ3v) is 10.9. The molecule has 0 bridgehead atoms. The van der Waals surface area contributed by atoms with E-state index in [0.717, 1.165) is 0 Å². The summed E-state index contributed by atoms with van der Waals surface area (Å²) < 4.78 is 4.80. The lowest BCUT2D eigenvalue weighted by atomic mass is 9.42. The summed E-state index contributed by atoms with van der Waals surface area (Å²) in [5.74, 6) is -0.136. The van der Waals surface area contributed by atoms with Crippen LogP contribution in [-0.2, 0) is 23.9 Å². The maximum atomic E-state index is 14.0. The Bertz CT molecular complexity index is 991. The van der Waals surface area contributed by atoms with Gasteiger partial charge in [-0.3, -0.25) is 19.2 Å². The molecule has 7 atom stereocenters. The summed E-state index contributed by atoms with van der Waals surface area (Å²) >= 11 is 0. The topological polar surface area (TPSA) is 97.7 Å². The standard InChI is InChI=1S/C28H40O6/c1-15(8-9-22(33)34-7)16-12-21(32)28(6)24-17(29)13-19-25(2,3)20(31)10-11-26(19,4)23(24)18(30)14-27(16,28)5/h15-17,19,29H,8-14H2,1-7H3/t15?,16-,17?,19+,26+,27-,28+/m1/s1. The summed E-state index contributed by atoms with van der Waals surface area (Å²) in [4.78, 5) is 52.3. The predicted molar refractivity (Wildman–Crippen MR) is 127 cm³/mol. The van der Waals surface area contributed by atoms with Gasteiger partial charge in [0, 0.05) is 42.1 Å². The van der Waals surface area contributed by atoms with E-state index in [-0.39, 0.29) is 53.9 Å². The molecule has 0 amide bonds. The second-order valence-corrected chi connectivity index (χ2v) is 12.6. The van der Waals surface area contributed by atoms with Gasteiger partial charge in [0.05, 0.1) is 18.6 Å². The van der Waals surface area contributed by atoms with Crippen LogP contribution in [0.25, 0.3) is 0 Å². The molecule has 4 aliphatic carbocycles. The normalized spacial score (nSPS) is 42.1. The monoisotopic (exact) mass is 472 g/mol. The first-order valence-electron chi connectivity index (χ1n) is 12.8. The van der Waals surface area contributed by atoms with E-state index in [1.807, 2.05) is 27.7 Å². The van der Waals surface area contributed by atoms with Crippen molar-refractivity contribution in [1.29, 1.82) is 0 Å². The van der Waals surface area contributed by atoms with E-state index >= 15 is 0 Å². The second kappa shape index (κ2) is 7.84. The van der Waals surface area contributed by atoms with Gasteiger partial charge in [-0.05, 0) is 54.9 Å². The van der Waals surface area contributed by atoms with Crippen molar-refractivity contribution in [2.75, 3.05) is 7.11 Å². The molecule has 6 nitrogen and oxygen atoms in total. The van der Waals surface area contributed by atoms with E-state index in [9.17, 15) is 24.3 Å². The Balaban J connectivity index is 1.82. The van der Waals surface area contributed by atoms with E-state index in [2.05, 4.69) is 13.8 Å². The molecule has 2 saturated carbocycles. The van der Waals surface area contributed by atoms with E-state index in [4.69, 9.17) is 4.74 Å². The van der Waals surface area contributed by atoms with Gasteiger partial charge in [-0.15, -0.1) is 0 Å². The number of rotatable bonds is 4. The van der Waals surface area contributed by atoms with E-state index in [1.165, 1.54) is 7.11 Å². The molecule has 0 spiro atoms. The van der Waals surface area contributed by atoms with Crippen LogP contribution in [0, 0.1) is 39.4 Å². The number of ether oxygens (including phenoxy) is 1. The number of hydrogen-bond donors (Lipinski definition) is 1. The van der Waals surface area contributed by atoms with Gasteiger partial charge in [0.1, 0.15) is 11.6 Å². The fourth-order valence-corrected chi connectivity index (χ4v) is 8.57. The Hall–Kier alpha value is -1.82. The Morgan fingerprint density at radius 3 is 2.38 bits per heavy atom. The Morgan fingerprint density at radius 1 is 1.12 bits per heavy atom. The minimum absolute atomic E-state index is 0.0197. The van der Waals surface area contributed by atoms with Crippen molar-refractivity contribution in [2.24, 2.45) is 39.4 Å². The maximum Gasteiger partial charge on any atom is 0.305 e. The highest BCUT2D eigenvalue weighted by molar-refractivity contribution is 6.05. The summed E-state index contributed by atoms with van der Waals surface area (Å²) in [5.41, 5.74) is -1.45. The summed E-state index contributed by atoms with van der Waals surface area (Å²) in [6, 6.07) is 0. The molecule has 2 unspecified atom stereocenters. The lowest BCUT2D eigenvalue weighted by molar-refractivity contribution is -0.147. The number of fused-ring (bicyclic) bond motifs is 4. The van der Waals surface area contributed by atoms with Gasteiger partial charge in [-0.1, -0.05) is 34.6 Å². The van der Waals surface area contributed by atoms with Crippen LogP contribution in [0.5, 0.6) is 0 Å². The molecular weight excluding hydrogens is 432 g/mol. The number of carbonyl (C=O) groups is 4. The molecule has 4 aliphatic rings. The molecule has 34 heavy (non-hydrogen) atoms. The van der Waals surface area contributed by atoms with E-state index < -0.39 is 27.8 Å². The SMILES string of the molecule is COC(=O)CCC(C)[C@H]1CC(=O)[C@@]2(C)C3=C(C(=O)C[C@]12C)[C@@]1(C)CCC(=O)C(C)(C)[C@@H]1CC3O. The lowest BCUT2D eigenvalue weighted by Crippen LogP contribution is -2.60. The molecule has 0 aliphatic heterocycles. The highest BCUT2D eigenvalue weighted by Crippen LogP contribution is 2.70. The van der Waals surface area contributed by atoms with E-state index in [1.54, 1.807) is 0 Å². The van der Waals surface area contributed by atoms with Crippen LogP contribution in [0.4, 0.5) is 0 Å². The molecule has 0 aromatic rings. The largest absolute Gasteiger partial charge is 0.469 e. The van der Waals surface area contributed by atoms with Crippen molar-refractivity contribution in [3.63, 3.8) is 0 Å². The highest BCUT2D eigenvalue weighted by atomic mass is 16.5. The number of allylic oxidation sites excluding steroid dienone is 1. The van der Waals surface area contributed by atoms with Crippen LogP contribution >= 0.6 is 0 Å². The third-order valence-electron chi connectivity index (χ3n) is 10.9. The smallest absolute Gasteiger partial charge is 0.305 e. The van der Waals surface area contributed by atoms with Crippen molar-refractivity contribution >= 4 is 23.3 Å². The first-order chi connectivity index (χ1) is 15.7. The Kier molecular flexibility index (Phi) is 5.83. The van der Waals surface area contributed by atoms with Gasteiger partial charge >= 0.3 is 5.97 Å². The Morgan fingerprint density at radius 2 is 1.76 bits per heavy atom. The summed E-state index contributed by atoms with van der Waals surface area (Å²) in [6.45, 7) is 12.0. The summed E-state index contributed by atoms with van der Waals surface area (Å²) in [7, 11) is 1.37. The zero-order valence-corrected chi connectivity index (χ0v) is 21.7. The average Bonchev–Trinajstić information content (AvgIpc) is 2.97. The Labute approximate surface area is 202 Å². The van der Waals surface area contributed by atoms with Gasteiger partial charge < -0.3 is 9.84 Å². The van der Waals surface area contributed by atoms with Crippen LogP contribution in [0.1, 0.15) is 86.5 Å². The van der Waals surface area contributed by atoms with Crippen LogP contribution < -0.4 is 0 Å². The molecule has 0 heterocycles. The number of Topliss-reactive ketones (excluding diaryl/α,β-unsaturated/α-hetero) is 3. The van der Waals surface area contributed by atoms with Crippen molar-refractivity contribution < 1.29 is 29.0 Å². The number of aliphatic hydroxyl groups is 1. The van der Waals surface area contributed by atoms with Crippen molar-refractivity contribution in [3.05, 3.63) is 11.1 Å². The molecule has 0 radical (unpaired) electrons. The third kappa shape index (κ3) is 3.09. The molecule has 2 fully saturated rings. The summed E-state index contributed by atoms with van der Waals surface area (Å²) in [5, 5.41) is 11.5. The molecule has 0 aromatic heterocycles. The zero-order chi connectivity index (χ0) is 25.4. The van der Waals surface area contributed by atoms with Gasteiger partial charge in [0.2, 0.25) is 0 Å². The van der Waals surface area contributed by atoms with Crippen molar-refractivity contribution in [2.45, 2.75) is 92.6 Å². The minimum Gasteiger partial charge on any atom is -0.469 e. The quantitative estimate of drug-likeness (QED) is 0.615. The van der Waals surface area contributed by atoms with Crippen molar-refractivity contribution in [3.8, 4) is 0 Å². The van der Waals surface area contributed by atoms with E-state index in [0.29, 0.717) is 43.3 Å². The van der Waals surface area contributed by atoms with Crippen LogP contribution in [0.3, 0.4) is 0 Å². The van der Waals surface area contributed by atoms with Crippen LogP contribution in [-0.4, -0.2) is 41.6 Å². The van der Waals surface area contributed by atoms with Crippen molar-refractivity contribution in [1.82, 2.24) is 0 Å². The number of esters is 1. The van der Waals surface area contributed by atoms with Gasteiger partial charge in [0.15, 0.2) is 5.78 Å². The number of methoxy groups -OCH3 is 1. The van der Waals surface area contributed by atoms with Gasteiger partial charge in [-0.25, -0.2) is 0 Å². The number of ketones is 3. The molecular formula is C28H40O6. The highest BCUT2D eigenvalue weighted by Gasteiger charge is 2.70. The number of aliphatic hydroxyl groups excluding tert-OH is 1. The minimum atomic E-state index is -0.931. The first kappa shape index (κ1) is 25.3. The molecule has 4 rings (SSSR count). The average molecular weight is 473 g/mol. The first-order valence-corrected chi connectivity index (χ1v) is 12.8. The zero-order valence-electron chi connectivity index (χ0n) is 21.7. The predicted octanol–water partition coefficient (Wildman–Crippen LogP) is 4.22. The summed E-state index contributed by atoms with van der Waals surface area (Å²) in [6.07, 6.45) is 1.94. The number of hydrogen-bond acceptors (Lipinski definition) is 6. The van der Waals surface area contributed by atoms with Gasteiger partial charge in [-0.2, -0.15) is 0 Å².